The molecule has 0 aliphatic carbocycles. The normalized spacial score (nSPS) is 10.5. The van der Waals surface area contributed by atoms with E-state index < -0.39 is 18.6 Å². The molecule has 112 valence electrons. The molecule has 0 fully saturated rings. The maximum atomic E-state index is 11.7. The zero-order valence-electron chi connectivity index (χ0n) is 10.6. The number of rotatable bonds is 6. The van der Waals surface area contributed by atoms with Gasteiger partial charge in [0.2, 0.25) is 0 Å². The Morgan fingerprint density at radius 3 is 2.95 bits per heavy atom. The first-order valence-electron chi connectivity index (χ1n) is 5.83. The molecule has 2 aromatic rings. The molecule has 0 unspecified atom stereocenters. The van der Waals surface area contributed by atoms with E-state index in [1.165, 1.54) is 0 Å². The predicted octanol–water partition coefficient (Wildman–Crippen LogP) is 1.57. The van der Waals surface area contributed by atoms with Gasteiger partial charge < -0.3 is 20.5 Å². The second kappa shape index (κ2) is 7.16. The van der Waals surface area contributed by atoms with Crippen LogP contribution in [-0.2, 0) is 9.53 Å². The van der Waals surface area contributed by atoms with E-state index in [1.54, 1.807) is 12.1 Å². The third-order valence-electron chi connectivity index (χ3n) is 2.37. The summed E-state index contributed by atoms with van der Waals surface area (Å²) in [6, 6.07) is 2.84. The number of aromatic nitrogens is 2. The monoisotopic (exact) mass is 330 g/mol. The minimum atomic E-state index is -1.06. The number of carboxylic acids is 1. The van der Waals surface area contributed by atoms with E-state index in [9.17, 15) is 9.59 Å². The fourth-order valence-corrected chi connectivity index (χ4v) is 2.24. The summed E-state index contributed by atoms with van der Waals surface area (Å²) >= 11 is 7.05. The van der Waals surface area contributed by atoms with E-state index in [0.29, 0.717) is 21.7 Å². The molecule has 1 heterocycles. The minimum Gasteiger partial charge on any atom is -0.480 e. The number of anilines is 1. The maximum absolute atomic E-state index is 11.7. The van der Waals surface area contributed by atoms with E-state index in [0.717, 1.165) is 11.7 Å². The largest absolute Gasteiger partial charge is 0.480 e. The number of hydrogen-bond donors (Lipinski definition) is 3. The number of amides is 2. The van der Waals surface area contributed by atoms with Crippen molar-refractivity contribution in [1.29, 1.82) is 0 Å². The summed E-state index contributed by atoms with van der Waals surface area (Å²) in [5.74, 6) is -1.06. The highest BCUT2D eigenvalue weighted by Gasteiger charge is 2.12. The zero-order valence-corrected chi connectivity index (χ0v) is 12.2. The lowest BCUT2D eigenvalue weighted by atomic mass is 10.2. The first-order chi connectivity index (χ1) is 10.1. The molecule has 0 aliphatic rings. The topological polar surface area (TPSA) is 113 Å². The average Bonchev–Trinajstić information content (AvgIpc) is 2.90. The molecule has 2 rings (SSSR count). The lowest BCUT2D eigenvalue weighted by Crippen LogP contribution is -2.32. The molecule has 0 bridgehead atoms. The van der Waals surface area contributed by atoms with Crippen LogP contribution in [0.2, 0.25) is 5.02 Å². The van der Waals surface area contributed by atoms with Gasteiger partial charge in [0, 0.05) is 6.54 Å². The molecule has 21 heavy (non-hydrogen) atoms. The van der Waals surface area contributed by atoms with Crippen LogP contribution in [0.3, 0.4) is 0 Å². The third-order valence-corrected chi connectivity index (χ3v) is 3.23. The number of benzene rings is 1. The quantitative estimate of drug-likeness (QED) is 0.693. The molecule has 1 aromatic carbocycles. The molecular formula is C11H11ClN4O4S. The van der Waals surface area contributed by atoms with Gasteiger partial charge in [0.15, 0.2) is 0 Å². The number of carboxylic acid groups (broad SMARTS) is 1. The Labute approximate surface area is 128 Å². The summed E-state index contributed by atoms with van der Waals surface area (Å²) in [7, 11) is 0. The van der Waals surface area contributed by atoms with Crippen LogP contribution in [-0.4, -0.2) is 45.6 Å². The third kappa shape index (κ3) is 4.25. The lowest BCUT2D eigenvalue weighted by Gasteiger charge is -2.09. The van der Waals surface area contributed by atoms with Gasteiger partial charge in [-0.3, -0.25) is 0 Å². The van der Waals surface area contributed by atoms with Crippen molar-refractivity contribution >= 4 is 52.1 Å². The highest BCUT2D eigenvalue weighted by atomic mass is 35.5. The molecule has 10 heteroatoms. The van der Waals surface area contributed by atoms with Gasteiger partial charge in [-0.15, -0.1) is 0 Å². The molecular weight excluding hydrogens is 320 g/mol. The molecule has 0 atom stereocenters. The van der Waals surface area contributed by atoms with E-state index in [4.69, 9.17) is 21.4 Å². The molecule has 8 nitrogen and oxygen atoms in total. The lowest BCUT2D eigenvalue weighted by molar-refractivity contribution is -0.142. The smallest absolute Gasteiger partial charge is 0.329 e. The number of ether oxygens (including phenoxy) is 1. The van der Waals surface area contributed by atoms with Crippen LogP contribution in [0.15, 0.2) is 12.1 Å². The number of nitrogens with zero attached hydrogens (tertiary/aromatic N) is 2. The van der Waals surface area contributed by atoms with Gasteiger partial charge in [0.05, 0.1) is 29.0 Å². The van der Waals surface area contributed by atoms with Gasteiger partial charge in [-0.1, -0.05) is 11.6 Å². The molecule has 0 radical (unpaired) electrons. The summed E-state index contributed by atoms with van der Waals surface area (Å²) in [5.41, 5.74) is 1.54. The summed E-state index contributed by atoms with van der Waals surface area (Å²) in [6.07, 6.45) is 0. The Hall–Kier alpha value is -1.97. The Kier molecular flexibility index (Phi) is 5.26. The number of urea groups is 1. The number of hydrogen-bond acceptors (Lipinski definition) is 6. The maximum Gasteiger partial charge on any atom is 0.329 e. The van der Waals surface area contributed by atoms with Crippen molar-refractivity contribution in [2.45, 2.75) is 0 Å². The van der Waals surface area contributed by atoms with Gasteiger partial charge >= 0.3 is 12.0 Å². The number of fused-ring (bicyclic) bond motifs is 1. The number of carbonyl (C=O) groups excluding carboxylic acids is 1. The molecule has 1 aromatic heterocycles. The van der Waals surface area contributed by atoms with Crippen molar-refractivity contribution in [3.8, 4) is 0 Å². The van der Waals surface area contributed by atoms with Gasteiger partial charge in [-0.25, -0.2) is 9.59 Å². The van der Waals surface area contributed by atoms with Crippen LogP contribution in [0.5, 0.6) is 0 Å². The number of aliphatic carboxylic acids is 1. The molecule has 0 saturated heterocycles. The number of carbonyl (C=O) groups is 2. The molecule has 0 saturated carbocycles. The Morgan fingerprint density at radius 1 is 1.38 bits per heavy atom. The SMILES string of the molecule is O=C(O)COCCNC(=O)Nc1c(Cl)ccc2nsnc12. The number of nitrogens with one attached hydrogen (secondary N) is 2. The highest BCUT2D eigenvalue weighted by molar-refractivity contribution is 7.00. The van der Waals surface area contributed by atoms with Gasteiger partial charge in [0.25, 0.3) is 0 Å². The van der Waals surface area contributed by atoms with E-state index in [1.807, 2.05) is 0 Å². The van der Waals surface area contributed by atoms with Crippen LogP contribution < -0.4 is 10.6 Å². The van der Waals surface area contributed by atoms with Crippen molar-refractivity contribution in [2.24, 2.45) is 0 Å². The van der Waals surface area contributed by atoms with Crippen LogP contribution in [0.25, 0.3) is 11.0 Å². The highest BCUT2D eigenvalue weighted by Crippen LogP contribution is 2.29. The van der Waals surface area contributed by atoms with Crippen molar-refractivity contribution in [2.75, 3.05) is 25.1 Å². The second-order valence-corrected chi connectivity index (χ2v) is 4.82. The Balaban J connectivity index is 1.88. The molecule has 2 amide bonds. The molecule has 0 spiro atoms. The summed E-state index contributed by atoms with van der Waals surface area (Å²) in [6.45, 7) is -0.142. The summed E-state index contributed by atoms with van der Waals surface area (Å²) in [5, 5.41) is 13.8. The van der Waals surface area contributed by atoms with Crippen LogP contribution in [0, 0.1) is 0 Å². The molecule has 3 N–H and O–H groups in total. The first-order valence-corrected chi connectivity index (χ1v) is 6.94. The number of halogens is 1. The van der Waals surface area contributed by atoms with Gasteiger partial charge in [0.1, 0.15) is 17.6 Å². The Bertz CT molecular complexity index is 663. The average molecular weight is 331 g/mol. The fraction of sp³-hybridized carbons (Fsp3) is 0.273. The Morgan fingerprint density at radius 2 is 2.19 bits per heavy atom. The van der Waals surface area contributed by atoms with Crippen molar-refractivity contribution < 1.29 is 19.4 Å². The van der Waals surface area contributed by atoms with Crippen molar-refractivity contribution in [1.82, 2.24) is 14.1 Å². The minimum absolute atomic E-state index is 0.0932. The van der Waals surface area contributed by atoms with Crippen LogP contribution in [0.4, 0.5) is 10.5 Å². The zero-order chi connectivity index (χ0) is 15.2. The summed E-state index contributed by atoms with van der Waals surface area (Å²) < 4.78 is 12.9. The van der Waals surface area contributed by atoms with Crippen LogP contribution >= 0.6 is 23.3 Å². The molecule has 0 aliphatic heterocycles. The van der Waals surface area contributed by atoms with Crippen molar-refractivity contribution in [3.63, 3.8) is 0 Å². The van der Waals surface area contributed by atoms with E-state index in [2.05, 4.69) is 19.4 Å². The van der Waals surface area contributed by atoms with Gasteiger partial charge in [-0.2, -0.15) is 8.75 Å². The first kappa shape index (κ1) is 15.4. The predicted molar refractivity (Wildman–Crippen MR) is 77.9 cm³/mol. The second-order valence-electron chi connectivity index (χ2n) is 3.88. The standard InChI is InChI=1S/C11H11ClN4O4S/c12-6-1-2-7-10(16-21-15-7)9(6)14-11(19)13-3-4-20-5-8(17)18/h1-2H,3-5H2,(H,17,18)(H2,13,14,19). The summed E-state index contributed by atoms with van der Waals surface area (Å²) in [4.78, 5) is 22.0. The van der Waals surface area contributed by atoms with E-state index in [-0.39, 0.29) is 13.2 Å². The van der Waals surface area contributed by atoms with E-state index >= 15 is 0 Å². The van der Waals surface area contributed by atoms with Gasteiger partial charge in [-0.05, 0) is 12.1 Å². The fourth-order valence-electron chi connectivity index (χ4n) is 1.50. The van der Waals surface area contributed by atoms with Crippen molar-refractivity contribution in [3.05, 3.63) is 17.2 Å². The van der Waals surface area contributed by atoms with Crippen LogP contribution in [0.1, 0.15) is 0 Å².